The van der Waals surface area contributed by atoms with Crippen LogP contribution in [0.3, 0.4) is 0 Å². The summed E-state index contributed by atoms with van der Waals surface area (Å²) in [4.78, 5) is 0. The van der Waals surface area contributed by atoms with Gasteiger partial charge in [-0.15, -0.1) is 6.58 Å². The molecule has 1 unspecified atom stereocenters. The number of hydrogen-bond acceptors (Lipinski definition) is 1. The van der Waals surface area contributed by atoms with E-state index in [0.717, 1.165) is 6.42 Å². The summed E-state index contributed by atoms with van der Waals surface area (Å²) in [6.07, 6.45) is 8.57. The zero-order valence-electron chi connectivity index (χ0n) is 10.4. The molecular formula is C16H21N. The van der Waals surface area contributed by atoms with E-state index in [1.807, 2.05) is 12.1 Å². The number of hydrogen-bond donors (Lipinski definition) is 0. The molecule has 1 heteroatoms. The van der Waals surface area contributed by atoms with Crippen molar-refractivity contribution in [3.05, 3.63) is 48.6 Å². The monoisotopic (exact) mass is 227 g/mol. The smallest absolute Gasteiger partial charge is 0.0621 e. The van der Waals surface area contributed by atoms with Gasteiger partial charge in [-0.05, 0) is 18.4 Å². The molecule has 0 saturated heterocycles. The summed E-state index contributed by atoms with van der Waals surface area (Å²) in [5.74, 6) is 0.479. The number of allylic oxidation sites excluding steroid dienone is 1. The molecule has 0 aliphatic carbocycles. The minimum atomic E-state index is 0.479. The highest BCUT2D eigenvalue weighted by Crippen LogP contribution is 2.23. The van der Waals surface area contributed by atoms with Crippen molar-refractivity contribution >= 4 is 0 Å². The van der Waals surface area contributed by atoms with Gasteiger partial charge in [0.15, 0.2) is 0 Å². The van der Waals surface area contributed by atoms with Crippen LogP contribution in [-0.2, 0) is 0 Å². The molecule has 0 saturated carbocycles. The van der Waals surface area contributed by atoms with E-state index in [2.05, 4.69) is 36.9 Å². The van der Waals surface area contributed by atoms with Gasteiger partial charge in [0.25, 0.3) is 0 Å². The number of nitriles is 1. The Hall–Kier alpha value is -1.55. The molecule has 90 valence electrons. The van der Waals surface area contributed by atoms with Crippen LogP contribution in [0.2, 0.25) is 0 Å². The number of rotatable bonds is 8. The molecule has 0 radical (unpaired) electrons. The van der Waals surface area contributed by atoms with Gasteiger partial charge in [0.1, 0.15) is 0 Å². The maximum atomic E-state index is 8.43. The van der Waals surface area contributed by atoms with Gasteiger partial charge in [0, 0.05) is 12.3 Å². The molecule has 1 atom stereocenters. The molecule has 0 aliphatic rings. The summed E-state index contributed by atoms with van der Waals surface area (Å²) in [5.41, 5.74) is 1.36. The molecule has 1 rings (SSSR count). The van der Waals surface area contributed by atoms with Crippen molar-refractivity contribution in [3.63, 3.8) is 0 Å². The first kappa shape index (κ1) is 13.5. The van der Waals surface area contributed by atoms with Crippen LogP contribution in [0.25, 0.3) is 0 Å². The third kappa shape index (κ3) is 5.36. The Morgan fingerprint density at radius 1 is 1.12 bits per heavy atom. The second-order valence-electron chi connectivity index (χ2n) is 4.36. The van der Waals surface area contributed by atoms with Crippen LogP contribution in [0.5, 0.6) is 0 Å². The van der Waals surface area contributed by atoms with Gasteiger partial charge >= 0.3 is 0 Å². The fourth-order valence-electron chi connectivity index (χ4n) is 2.04. The largest absolute Gasteiger partial charge is 0.198 e. The normalized spacial score (nSPS) is 11.7. The molecule has 1 aromatic rings. The van der Waals surface area contributed by atoms with Gasteiger partial charge in [-0.2, -0.15) is 5.26 Å². The number of unbranched alkanes of at least 4 members (excludes halogenated alkanes) is 4. The van der Waals surface area contributed by atoms with E-state index >= 15 is 0 Å². The Balaban J connectivity index is 2.25. The molecule has 1 aromatic carbocycles. The van der Waals surface area contributed by atoms with Crippen LogP contribution in [0.4, 0.5) is 0 Å². The van der Waals surface area contributed by atoms with E-state index in [4.69, 9.17) is 5.26 Å². The molecule has 0 aliphatic heterocycles. The molecule has 0 aromatic heterocycles. The van der Waals surface area contributed by atoms with E-state index in [-0.39, 0.29) is 0 Å². The zero-order chi connectivity index (χ0) is 12.3. The average molecular weight is 227 g/mol. The minimum absolute atomic E-state index is 0.479. The second kappa shape index (κ2) is 8.58. The SMILES string of the molecule is C=CC(CCCCCCC#N)c1ccccc1. The minimum Gasteiger partial charge on any atom is -0.198 e. The van der Waals surface area contributed by atoms with E-state index in [9.17, 15) is 0 Å². The maximum Gasteiger partial charge on any atom is 0.0621 e. The quantitative estimate of drug-likeness (QED) is 0.461. The van der Waals surface area contributed by atoms with E-state index in [0.29, 0.717) is 12.3 Å². The highest BCUT2D eigenvalue weighted by atomic mass is 14.2. The highest BCUT2D eigenvalue weighted by molar-refractivity contribution is 5.22. The lowest BCUT2D eigenvalue weighted by Crippen LogP contribution is -1.94. The van der Waals surface area contributed by atoms with Gasteiger partial charge in [0.05, 0.1) is 6.07 Å². The summed E-state index contributed by atoms with van der Waals surface area (Å²) in [6, 6.07) is 12.7. The Bertz CT molecular complexity index is 348. The molecular weight excluding hydrogens is 206 g/mol. The molecule has 0 heterocycles. The third-order valence-electron chi connectivity index (χ3n) is 3.07. The molecule has 0 fully saturated rings. The Labute approximate surface area is 105 Å². The lowest BCUT2D eigenvalue weighted by Gasteiger charge is -2.12. The summed E-state index contributed by atoms with van der Waals surface area (Å²) >= 11 is 0. The number of nitrogens with zero attached hydrogens (tertiary/aromatic N) is 1. The predicted molar refractivity (Wildman–Crippen MR) is 72.7 cm³/mol. The van der Waals surface area contributed by atoms with Crippen molar-refractivity contribution in [2.24, 2.45) is 0 Å². The zero-order valence-corrected chi connectivity index (χ0v) is 10.4. The van der Waals surface area contributed by atoms with E-state index in [1.54, 1.807) is 0 Å². The lowest BCUT2D eigenvalue weighted by molar-refractivity contribution is 0.595. The van der Waals surface area contributed by atoms with Crippen LogP contribution < -0.4 is 0 Å². The molecule has 0 spiro atoms. The van der Waals surface area contributed by atoms with Crippen LogP contribution in [0, 0.1) is 11.3 Å². The maximum absolute atomic E-state index is 8.43. The fraction of sp³-hybridized carbons (Fsp3) is 0.438. The highest BCUT2D eigenvalue weighted by Gasteiger charge is 2.05. The molecule has 0 N–H and O–H groups in total. The Morgan fingerprint density at radius 3 is 2.47 bits per heavy atom. The van der Waals surface area contributed by atoms with Crippen LogP contribution >= 0.6 is 0 Å². The summed E-state index contributed by atoms with van der Waals surface area (Å²) in [5, 5.41) is 8.43. The van der Waals surface area contributed by atoms with E-state index in [1.165, 1.54) is 31.2 Å². The van der Waals surface area contributed by atoms with Crippen molar-refractivity contribution < 1.29 is 0 Å². The van der Waals surface area contributed by atoms with Crippen molar-refractivity contribution in [1.82, 2.24) is 0 Å². The Morgan fingerprint density at radius 2 is 1.82 bits per heavy atom. The lowest BCUT2D eigenvalue weighted by atomic mass is 9.93. The molecule has 17 heavy (non-hydrogen) atoms. The van der Waals surface area contributed by atoms with Gasteiger partial charge < -0.3 is 0 Å². The van der Waals surface area contributed by atoms with Crippen LogP contribution in [0.15, 0.2) is 43.0 Å². The van der Waals surface area contributed by atoms with Crippen LogP contribution in [-0.4, -0.2) is 0 Å². The summed E-state index contributed by atoms with van der Waals surface area (Å²) < 4.78 is 0. The van der Waals surface area contributed by atoms with E-state index < -0.39 is 0 Å². The summed E-state index contributed by atoms with van der Waals surface area (Å²) in [6.45, 7) is 3.92. The molecule has 1 nitrogen and oxygen atoms in total. The van der Waals surface area contributed by atoms with Crippen molar-refractivity contribution in [2.75, 3.05) is 0 Å². The second-order valence-corrected chi connectivity index (χ2v) is 4.36. The molecule has 0 bridgehead atoms. The topological polar surface area (TPSA) is 23.8 Å². The Kier molecular flexibility index (Phi) is 6.82. The van der Waals surface area contributed by atoms with Crippen molar-refractivity contribution in [2.45, 2.75) is 44.4 Å². The predicted octanol–water partition coefficient (Wildman–Crippen LogP) is 4.82. The first-order chi connectivity index (χ1) is 8.38. The first-order valence-corrected chi connectivity index (χ1v) is 6.43. The van der Waals surface area contributed by atoms with Gasteiger partial charge in [0.2, 0.25) is 0 Å². The van der Waals surface area contributed by atoms with Gasteiger partial charge in [-0.3, -0.25) is 0 Å². The van der Waals surface area contributed by atoms with Gasteiger partial charge in [-0.25, -0.2) is 0 Å². The third-order valence-corrected chi connectivity index (χ3v) is 3.07. The average Bonchev–Trinajstić information content (AvgIpc) is 2.39. The van der Waals surface area contributed by atoms with Crippen molar-refractivity contribution in [3.8, 4) is 6.07 Å². The standard InChI is InChI=1S/C16H21N/c1-2-15(16-12-8-6-9-13-16)11-7-4-3-5-10-14-17/h2,6,8-9,12-13,15H,1,3-5,7,10-11H2. The van der Waals surface area contributed by atoms with Crippen molar-refractivity contribution in [1.29, 1.82) is 5.26 Å². The first-order valence-electron chi connectivity index (χ1n) is 6.43. The number of benzene rings is 1. The van der Waals surface area contributed by atoms with Gasteiger partial charge in [-0.1, -0.05) is 55.7 Å². The molecule has 0 amide bonds. The fourth-order valence-corrected chi connectivity index (χ4v) is 2.04. The summed E-state index contributed by atoms with van der Waals surface area (Å²) in [7, 11) is 0. The van der Waals surface area contributed by atoms with Crippen LogP contribution in [0.1, 0.15) is 50.0 Å².